The molecular formula is C24H20F3N3O4. The van der Waals surface area contributed by atoms with Crippen molar-refractivity contribution in [3.8, 4) is 11.3 Å². The van der Waals surface area contributed by atoms with Gasteiger partial charge in [-0.05, 0) is 19.1 Å². The van der Waals surface area contributed by atoms with Crippen LogP contribution in [0.15, 0.2) is 59.1 Å². The zero-order chi connectivity index (χ0) is 24.5. The molecular weight excluding hydrogens is 451 g/mol. The van der Waals surface area contributed by atoms with Crippen molar-refractivity contribution in [2.45, 2.75) is 13.1 Å². The Bertz CT molecular complexity index is 1230. The van der Waals surface area contributed by atoms with E-state index < -0.39 is 23.4 Å². The second-order valence-corrected chi connectivity index (χ2v) is 7.82. The summed E-state index contributed by atoms with van der Waals surface area (Å²) in [5, 5.41) is 4.01. The highest BCUT2D eigenvalue weighted by Gasteiger charge is 2.34. The lowest BCUT2D eigenvalue weighted by atomic mass is 10.0. The minimum Gasteiger partial charge on any atom is -0.360 e. The second kappa shape index (κ2) is 9.12. The van der Waals surface area contributed by atoms with E-state index in [1.807, 2.05) is 30.3 Å². The minimum atomic E-state index is -4.62. The lowest BCUT2D eigenvalue weighted by Gasteiger charge is -2.34. The van der Waals surface area contributed by atoms with Crippen LogP contribution in [-0.2, 0) is 11.0 Å². The zero-order valence-electron chi connectivity index (χ0n) is 18.1. The Morgan fingerprint density at radius 2 is 1.56 bits per heavy atom. The van der Waals surface area contributed by atoms with Gasteiger partial charge in [0.25, 0.3) is 11.8 Å². The first kappa shape index (κ1) is 23.2. The third-order valence-electron chi connectivity index (χ3n) is 5.62. The molecule has 0 saturated carbocycles. The molecule has 0 atom stereocenters. The molecule has 34 heavy (non-hydrogen) atoms. The van der Waals surface area contributed by atoms with Crippen LogP contribution in [0.2, 0.25) is 0 Å². The number of carbonyl (C=O) groups excluding carboxylic acids is 3. The number of aryl methyl sites for hydroxylation is 1. The van der Waals surface area contributed by atoms with Crippen LogP contribution < -0.4 is 0 Å². The smallest absolute Gasteiger partial charge is 0.360 e. The molecule has 0 radical (unpaired) electrons. The molecule has 7 nitrogen and oxygen atoms in total. The van der Waals surface area contributed by atoms with Crippen molar-refractivity contribution in [1.29, 1.82) is 0 Å². The quantitative estimate of drug-likeness (QED) is 0.427. The largest absolute Gasteiger partial charge is 0.416 e. The van der Waals surface area contributed by atoms with E-state index in [1.165, 1.54) is 15.9 Å². The molecule has 0 N–H and O–H groups in total. The Hall–Kier alpha value is -3.95. The third kappa shape index (κ3) is 4.57. The van der Waals surface area contributed by atoms with Gasteiger partial charge in [0.1, 0.15) is 17.0 Å². The molecule has 0 spiro atoms. The minimum absolute atomic E-state index is 0.0697. The van der Waals surface area contributed by atoms with Gasteiger partial charge in [0.15, 0.2) is 0 Å². The lowest BCUT2D eigenvalue weighted by molar-refractivity contribution is -0.137. The summed E-state index contributed by atoms with van der Waals surface area (Å²) >= 11 is 0. The van der Waals surface area contributed by atoms with E-state index in [-0.39, 0.29) is 37.6 Å². The summed E-state index contributed by atoms with van der Waals surface area (Å²) in [5.41, 5.74) is 0.140. The van der Waals surface area contributed by atoms with Gasteiger partial charge < -0.3 is 14.3 Å². The highest BCUT2D eigenvalue weighted by atomic mass is 19.4. The van der Waals surface area contributed by atoms with Crippen molar-refractivity contribution < 1.29 is 32.1 Å². The molecule has 176 valence electrons. The highest BCUT2D eigenvalue weighted by Crippen LogP contribution is 2.30. The molecule has 1 saturated heterocycles. The van der Waals surface area contributed by atoms with Gasteiger partial charge >= 0.3 is 6.18 Å². The summed E-state index contributed by atoms with van der Waals surface area (Å²) in [4.78, 5) is 41.1. The van der Waals surface area contributed by atoms with Crippen LogP contribution in [0.1, 0.15) is 32.0 Å². The van der Waals surface area contributed by atoms with Crippen LogP contribution in [0.4, 0.5) is 13.2 Å². The molecule has 1 aromatic heterocycles. The number of hydrogen-bond acceptors (Lipinski definition) is 5. The first-order chi connectivity index (χ1) is 16.2. The van der Waals surface area contributed by atoms with E-state index >= 15 is 0 Å². The van der Waals surface area contributed by atoms with Gasteiger partial charge in [0.2, 0.25) is 5.78 Å². The van der Waals surface area contributed by atoms with Gasteiger partial charge in [-0.2, -0.15) is 13.2 Å². The Labute approximate surface area is 192 Å². The van der Waals surface area contributed by atoms with Crippen molar-refractivity contribution in [3.05, 3.63) is 77.0 Å². The van der Waals surface area contributed by atoms with Gasteiger partial charge in [-0.3, -0.25) is 14.4 Å². The number of nitrogens with zero attached hydrogens (tertiary/aromatic N) is 3. The van der Waals surface area contributed by atoms with Crippen molar-refractivity contribution in [1.82, 2.24) is 15.0 Å². The summed E-state index contributed by atoms with van der Waals surface area (Å²) < 4.78 is 44.0. The van der Waals surface area contributed by atoms with Gasteiger partial charge in [0.05, 0.1) is 5.56 Å². The van der Waals surface area contributed by atoms with Crippen LogP contribution >= 0.6 is 0 Å². The maximum absolute atomic E-state index is 13.2. The van der Waals surface area contributed by atoms with Gasteiger partial charge in [-0.15, -0.1) is 0 Å². The number of aromatic nitrogens is 1. The molecule has 1 fully saturated rings. The fourth-order valence-corrected chi connectivity index (χ4v) is 3.79. The van der Waals surface area contributed by atoms with Crippen molar-refractivity contribution in [3.63, 3.8) is 0 Å². The number of ketones is 1. The SMILES string of the molecule is Cc1onc(-c2ccccc2)c1C(=O)N1CCN(C(=O)C(=O)c2cccc(C(F)(F)F)c2)CC1. The first-order valence-electron chi connectivity index (χ1n) is 10.5. The average Bonchev–Trinajstić information content (AvgIpc) is 3.24. The van der Waals surface area contributed by atoms with E-state index in [2.05, 4.69) is 5.16 Å². The Balaban J connectivity index is 1.44. The van der Waals surface area contributed by atoms with Crippen LogP contribution in [-0.4, -0.2) is 58.7 Å². The molecule has 2 aromatic carbocycles. The molecule has 2 heterocycles. The number of rotatable bonds is 4. The zero-order valence-corrected chi connectivity index (χ0v) is 18.1. The number of benzene rings is 2. The molecule has 0 aliphatic carbocycles. The standard InChI is InChI=1S/C24H20F3N3O4/c1-15-19(20(28-34-15)16-6-3-2-4-7-16)22(32)29-10-12-30(13-11-29)23(33)21(31)17-8-5-9-18(14-17)24(25,26)27/h2-9,14H,10-13H2,1H3. The maximum atomic E-state index is 13.2. The Morgan fingerprint density at radius 1 is 0.912 bits per heavy atom. The number of carbonyl (C=O) groups is 3. The third-order valence-corrected chi connectivity index (χ3v) is 5.62. The summed E-state index contributed by atoms with van der Waals surface area (Å²) in [6, 6.07) is 12.9. The number of amides is 2. The summed E-state index contributed by atoms with van der Waals surface area (Å²) in [7, 11) is 0. The Kier molecular flexibility index (Phi) is 6.23. The molecule has 2 amide bonds. The maximum Gasteiger partial charge on any atom is 0.416 e. The number of hydrogen-bond donors (Lipinski definition) is 0. The van der Waals surface area contributed by atoms with Crippen molar-refractivity contribution in [2.24, 2.45) is 0 Å². The second-order valence-electron chi connectivity index (χ2n) is 7.82. The fraction of sp³-hybridized carbons (Fsp3) is 0.250. The number of alkyl halides is 3. The molecule has 0 bridgehead atoms. The van der Waals surface area contributed by atoms with Crippen molar-refractivity contribution in [2.75, 3.05) is 26.2 Å². The van der Waals surface area contributed by atoms with E-state index in [1.54, 1.807) is 6.92 Å². The number of Topliss-reactive ketones (excluding diaryl/α,β-unsaturated/α-hetero) is 1. The fourth-order valence-electron chi connectivity index (χ4n) is 3.79. The van der Waals surface area contributed by atoms with Gasteiger partial charge in [-0.25, -0.2) is 0 Å². The van der Waals surface area contributed by atoms with Crippen LogP contribution in [0.3, 0.4) is 0 Å². The molecule has 10 heteroatoms. The molecule has 3 aromatic rings. The number of piperazine rings is 1. The topological polar surface area (TPSA) is 83.7 Å². The normalized spacial score (nSPS) is 14.2. The lowest BCUT2D eigenvalue weighted by Crippen LogP contribution is -2.52. The van der Waals surface area contributed by atoms with E-state index in [0.29, 0.717) is 23.1 Å². The summed E-state index contributed by atoms with van der Waals surface area (Å²) in [5.74, 6) is -1.87. The summed E-state index contributed by atoms with van der Waals surface area (Å²) in [6.45, 7) is 2.08. The monoisotopic (exact) mass is 471 g/mol. The van der Waals surface area contributed by atoms with Crippen LogP contribution in [0.5, 0.6) is 0 Å². The molecule has 0 unspecified atom stereocenters. The predicted octanol–water partition coefficient (Wildman–Crippen LogP) is 3.84. The summed E-state index contributed by atoms with van der Waals surface area (Å²) in [6.07, 6.45) is -4.62. The molecule has 1 aliphatic rings. The van der Waals surface area contributed by atoms with E-state index in [0.717, 1.165) is 17.7 Å². The van der Waals surface area contributed by atoms with Crippen LogP contribution in [0.25, 0.3) is 11.3 Å². The Morgan fingerprint density at radius 3 is 2.21 bits per heavy atom. The van der Waals surface area contributed by atoms with Gasteiger partial charge in [0, 0.05) is 37.3 Å². The molecule has 1 aliphatic heterocycles. The highest BCUT2D eigenvalue weighted by molar-refractivity contribution is 6.42. The number of halogens is 3. The van der Waals surface area contributed by atoms with Crippen molar-refractivity contribution >= 4 is 17.6 Å². The predicted molar refractivity (Wildman–Crippen MR) is 115 cm³/mol. The average molecular weight is 471 g/mol. The molecule has 4 rings (SSSR count). The van der Waals surface area contributed by atoms with E-state index in [9.17, 15) is 27.6 Å². The first-order valence-corrected chi connectivity index (χ1v) is 10.5. The van der Waals surface area contributed by atoms with Gasteiger partial charge in [-0.1, -0.05) is 47.6 Å². The van der Waals surface area contributed by atoms with Crippen LogP contribution in [0, 0.1) is 6.92 Å². The van der Waals surface area contributed by atoms with E-state index in [4.69, 9.17) is 4.52 Å².